The first kappa shape index (κ1) is 14.9. The highest BCUT2D eigenvalue weighted by Gasteiger charge is 2.32. The summed E-state index contributed by atoms with van der Waals surface area (Å²) in [7, 11) is -2.07. The third-order valence-electron chi connectivity index (χ3n) is 2.89. The van der Waals surface area contributed by atoms with Crippen molar-refractivity contribution in [2.45, 2.75) is 25.7 Å². The predicted molar refractivity (Wildman–Crippen MR) is 66.3 cm³/mol. The quantitative estimate of drug-likeness (QED) is 0.649. The summed E-state index contributed by atoms with van der Waals surface area (Å²) in [6.07, 6.45) is 2.48. The summed E-state index contributed by atoms with van der Waals surface area (Å²) in [6.45, 7) is 0.902. The van der Waals surface area contributed by atoms with Gasteiger partial charge >= 0.3 is 0 Å². The van der Waals surface area contributed by atoms with Crippen molar-refractivity contribution < 1.29 is 8.42 Å². The molecule has 0 heterocycles. The highest BCUT2D eigenvalue weighted by Crippen LogP contribution is 2.30. The molecule has 1 aliphatic carbocycles. The molecule has 100 valence electrons. The molecule has 0 aromatic rings. The van der Waals surface area contributed by atoms with E-state index < -0.39 is 10.2 Å². The SMILES string of the molecule is CN(CCC#N)S(=O)(=O)N(CCC#N)CC1CC1. The van der Waals surface area contributed by atoms with Crippen LogP contribution in [-0.2, 0) is 10.2 Å². The normalized spacial score (nSPS) is 15.6. The van der Waals surface area contributed by atoms with E-state index >= 15 is 0 Å². The minimum absolute atomic E-state index is 0.172. The van der Waals surface area contributed by atoms with Gasteiger partial charge in [-0.1, -0.05) is 0 Å². The Bertz CT molecular complexity index is 445. The van der Waals surface area contributed by atoms with Crippen molar-refractivity contribution in [2.75, 3.05) is 26.7 Å². The van der Waals surface area contributed by atoms with E-state index in [1.54, 1.807) is 0 Å². The Kier molecular flexibility index (Phi) is 5.54. The topological polar surface area (TPSA) is 88.2 Å². The van der Waals surface area contributed by atoms with Crippen LogP contribution in [0, 0.1) is 28.6 Å². The van der Waals surface area contributed by atoms with Crippen LogP contribution in [0.4, 0.5) is 0 Å². The van der Waals surface area contributed by atoms with Crippen molar-refractivity contribution in [3.8, 4) is 12.1 Å². The molecule has 0 atom stereocenters. The molecule has 0 amide bonds. The summed E-state index contributed by atoms with van der Waals surface area (Å²) in [6, 6.07) is 3.90. The van der Waals surface area contributed by atoms with Crippen LogP contribution in [0.25, 0.3) is 0 Å². The Morgan fingerprint density at radius 1 is 1.17 bits per heavy atom. The number of rotatable bonds is 8. The van der Waals surface area contributed by atoms with Crippen LogP contribution in [0.5, 0.6) is 0 Å². The molecule has 7 heteroatoms. The van der Waals surface area contributed by atoms with Gasteiger partial charge in [0, 0.05) is 39.5 Å². The van der Waals surface area contributed by atoms with Crippen LogP contribution < -0.4 is 0 Å². The van der Waals surface area contributed by atoms with E-state index in [0.717, 1.165) is 12.8 Å². The van der Waals surface area contributed by atoms with Crippen LogP contribution in [0.15, 0.2) is 0 Å². The molecule has 1 fully saturated rings. The van der Waals surface area contributed by atoms with Gasteiger partial charge in [-0.05, 0) is 18.8 Å². The molecule has 0 aliphatic heterocycles. The van der Waals surface area contributed by atoms with E-state index in [9.17, 15) is 8.42 Å². The average molecular weight is 270 g/mol. The van der Waals surface area contributed by atoms with E-state index in [0.29, 0.717) is 12.5 Å². The molecule has 1 aliphatic rings. The summed E-state index contributed by atoms with van der Waals surface area (Å²) in [5, 5.41) is 17.1. The number of nitrogens with zero attached hydrogens (tertiary/aromatic N) is 4. The summed E-state index contributed by atoms with van der Waals surface area (Å²) in [5.41, 5.74) is 0. The minimum Gasteiger partial charge on any atom is -0.198 e. The second-order valence-electron chi connectivity index (χ2n) is 4.45. The van der Waals surface area contributed by atoms with Crippen LogP contribution in [0.2, 0.25) is 0 Å². The van der Waals surface area contributed by atoms with Gasteiger partial charge in [-0.2, -0.15) is 27.6 Å². The second kappa shape index (κ2) is 6.69. The third-order valence-corrected chi connectivity index (χ3v) is 4.84. The van der Waals surface area contributed by atoms with E-state index in [1.165, 1.54) is 15.7 Å². The molecule has 1 rings (SSSR count). The van der Waals surface area contributed by atoms with Gasteiger partial charge in [-0.15, -0.1) is 0 Å². The molecule has 0 unspecified atom stereocenters. The van der Waals surface area contributed by atoms with E-state index in [1.807, 2.05) is 12.1 Å². The molecule has 0 N–H and O–H groups in total. The van der Waals surface area contributed by atoms with Crippen LogP contribution in [0.3, 0.4) is 0 Å². The van der Waals surface area contributed by atoms with Crippen LogP contribution >= 0.6 is 0 Å². The lowest BCUT2D eigenvalue weighted by Gasteiger charge is -2.26. The molecule has 18 heavy (non-hydrogen) atoms. The predicted octanol–water partition coefficient (Wildman–Crippen LogP) is 0.702. The fraction of sp³-hybridized carbons (Fsp3) is 0.818. The maximum atomic E-state index is 12.2. The van der Waals surface area contributed by atoms with Crippen molar-refractivity contribution in [1.29, 1.82) is 10.5 Å². The number of hydrogen-bond acceptors (Lipinski definition) is 4. The van der Waals surface area contributed by atoms with Crippen molar-refractivity contribution in [3.63, 3.8) is 0 Å². The largest absolute Gasteiger partial charge is 0.281 e. The number of hydrogen-bond donors (Lipinski definition) is 0. The lowest BCUT2D eigenvalue weighted by Crippen LogP contribution is -2.43. The van der Waals surface area contributed by atoms with Crippen LogP contribution in [-0.4, -0.2) is 43.7 Å². The Morgan fingerprint density at radius 3 is 2.22 bits per heavy atom. The zero-order valence-corrected chi connectivity index (χ0v) is 11.4. The smallest absolute Gasteiger partial charge is 0.198 e. The van der Waals surface area contributed by atoms with Gasteiger partial charge in [0.15, 0.2) is 0 Å². The summed E-state index contributed by atoms with van der Waals surface area (Å²) >= 11 is 0. The first-order chi connectivity index (χ1) is 8.52. The van der Waals surface area contributed by atoms with Crippen molar-refractivity contribution in [1.82, 2.24) is 8.61 Å². The molecule has 0 aromatic carbocycles. The lowest BCUT2D eigenvalue weighted by molar-refractivity contribution is 0.355. The molecule has 0 bridgehead atoms. The van der Waals surface area contributed by atoms with E-state index in [-0.39, 0.29) is 25.9 Å². The molecular formula is C11H18N4O2S. The molecule has 0 saturated heterocycles. The van der Waals surface area contributed by atoms with Crippen molar-refractivity contribution in [3.05, 3.63) is 0 Å². The molecule has 6 nitrogen and oxygen atoms in total. The van der Waals surface area contributed by atoms with Gasteiger partial charge in [0.25, 0.3) is 10.2 Å². The first-order valence-corrected chi connectivity index (χ1v) is 7.37. The number of nitriles is 2. The highest BCUT2D eigenvalue weighted by molar-refractivity contribution is 7.86. The third kappa shape index (κ3) is 4.26. The first-order valence-electron chi connectivity index (χ1n) is 5.97. The maximum absolute atomic E-state index is 12.2. The second-order valence-corrected chi connectivity index (χ2v) is 6.48. The molecular weight excluding hydrogens is 252 g/mol. The Hall–Kier alpha value is -1.15. The average Bonchev–Trinajstić information content (AvgIpc) is 3.14. The Morgan fingerprint density at radius 2 is 1.72 bits per heavy atom. The zero-order valence-electron chi connectivity index (χ0n) is 10.5. The molecule has 1 saturated carbocycles. The fourth-order valence-corrected chi connectivity index (χ4v) is 3.02. The monoisotopic (exact) mass is 270 g/mol. The van der Waals surface area contributed by atoms with Gasteiger partial charge in [-0.25, -0.2) is 0 Å². The summed E-state index contributed by atoms with van der Waals surface area (Å²) in [4.78, 5) is 0. The highest BCUT2D eigenvalue weighted by atomic mass is 32.2. The Labute approximate surface area is 109 Å². The fourth-order valence-electron chi connectivity index (χ4n) is 1.58. The maximum Gasteiger partial charge on any atom is 0.281 e. The molecule has 0 spiro atoms. The summed E-state index contributed by atoms with van der Waals surface area (Å²) < 4.78 is 27.0. The molecule has 0 aromatic heterocycles. The van der Waals surface area contributed by atoms with E-state index in [2.05, 4.69) is 0 Å². The van der Waals surface area contributed by atoms with Gasteiger partial charge in [0.1, 0.15) is 0 Å². The van der Waals surface area contributed by atoms with Crippen LogP contribution in [0.1, 0.15) is 25.7 Å². The lowest BCUT2D eigenvalue weighted by atomic mass is 10.4. The minimum atomic E-state index is -3.54. The van der Waals surface area contributed by atoms with Gasteiger partial charge < -0.3 is 0 Å². The molecule has 0 radical (unpaired) electrons. The van der Waals surface area contributed by atoms with Crippen molar-refractivity contribution in [2.24, 2.45) is 5.92 Å². The summed E-state index contributed by atoms with van der Waals surface area (Å²) in [5.74, 6) is 0.433. The van der Waals surface area contributed by atoms with E-state index in [4.69, 9.17) is 10.5 Å². The van der Waals surface area contributed by atoms with Gasteiger partial charge in [-0.3, -0.25) is 0 Å². The van der Waals surface area contributed by atoms with Crippen molar-refractivity contribution >= 4 is 10.2 Å². The van der Waals surface area contributed by atoms with Gasteiger partial charge in [0.2, 0.25) is 0 Å². The Balaban J connectivity index is 2.68. The van der Waals surface area contributed by atoms with Gasteiger partial charge in [0.05, 0.1) is 12.1 Å². The standard InChI is InChI=1S/C11H18N4O2S/c1-14(8-2-6-12)18(16,17)15(9-3-7-13)10-11-4-5-11/h11H,2-5,8-10H2,1H3. The zero-order chi connectivity index (χ0) is 13.6.